The first-order valence-electron chi connectivity index (χ1n) is 3.49. The summed E-state index contributed by atoms with van der Waals surface area (Å²) in [6.45, 7) is 0. The number of rotatable bonds is 1. The lowest BCUT2D eigenvalue weighted by atomic mass is 10.3. The third kappa shape index (κ3) is 1.16. The summed E-state index contributed by atoms with van der Waals surface area (Å²) in [5, 5.41) is 3.36. The van der Waals surface area contributed by atoms with Crippen LogP contribution in [0.15, 0.2) is 11.4 Å². The summed E-state index contributed by atoms with van der Waals surface area (Å²) < 4.78 is 0. The normalized spacial score (nSPS) is 14.2. The lowest BCUT2D eigenvalue weighted by molar-refractivity contribution is -0.115. The number of carbonyl (C=O) groups excluding carboxylic acids is 1. The van der Waals surface area contributed by atoms with Crippen molar-refractivity contribution in [3.05, 3.63) is 11.8 Å². The fourth-order valence-corrected chi connectivity index (χ4v) is 1.42. The summed E-state index contributed by atoms with van der Waals surface area (Å²) in [4.78, 5) is 19.1. The zero-order chi connectivity index (χ0) is 8.55. The topological polar surface area (TPSA) is 54.9 Å². The van der Waals surface area contributed by atoms with E-state index in [1.807, 2.05) is 6.26 Å². The van der Waals surface area contributed by atoms with E-state index in [9.17, 15) is 4.79 Å². The van der Waals surface area contributed by atoms with E-state index in [-0.39, 0.29) is 5.91 Å². The molecule has 0 aliphatic carbocycles. The molecule has 0 bridgehead atoms. The molecule has 1 aliphatic heterocycles. The number of nitrogens with one attached hydrogen (secondary N) is 1. The zero-order valence-corrected chi connectivity index (χ0v) is 7.31. The molecule has 2 heterocycles. The van der Waals surface area contributed by atoms with E-state index >= 15 is 0 Å². The highest BCUT2D eigenvalue weighted by Crippen LogP contribution is 2.21. The van der Waals surface area contributed by atoms with Crippen molar-refractivity contribution < 1.29 is 4.79 Å². The highest BCUT2D eigenvalue weighted by Gasteiger charge is 2.19. The number of hydrogen-bond acceptors (Lipinski definition) is 4. The maximum Gasteiger partial charge on any atom is 0.230 e. The summed E-state index contributed by atoms with van der Waals surface area (Å²) >= 11 is 1.46. The summed E-state index contributed by atoms with van der Waals surface area (Å²) in [5.74, 6) is 0.664. The van der Waals surface area contributed by atoms with Gasteiger partial charge < -0.3 is 5.32 Å². The summed E-state index contributed by atoms with van der Waals surface area (Å²) in [6, 6.07) is 0. The molecule has 62 valence electrons. The van der Waals surface area contributed by atoms with E-state index < -0.39 is 0 Å². The van der Waals surface area contributed by atoms with Crippen molar-refractivity contribution in [3.63, 3.8) is 0 Å². The van der Waals surface area contributed by atoms with Crippen molar-refractivity contribution >= 4 is 23.5 Å². The molecule has 1 aliphatic rings. The predicted molar refractivity (Wildman–Crippen MR) is 46.1 cm³/mol. The molecular formula is C7H7N3OS. The van der Waals surface area contributed by atoms with Gasteiger partial charge in [0.1, 0.15) is 5.82 Å². The Morgan fingerprint density at radius 1 is 1.67 bits per heavy atom. The minimum Gasteiger partial charge on any atom is -0.310 e. The molecule has 5 heteroatoms. The molecule has 0 unspecified atom stereocenters. The predicted octanol–water partition coefficient (Wildman–Crippen LogP) is 0.693. The van der Waals surface area contributed by atoms with Crippen LogP contribution in [0.2, 0.25) is 0 Å². The van der Waals surface area contributed by atoms with Crippen LogP contribution in [0.25, 0.3) is 0 Å². The Labute approximate surface area is 73.8 Å². The molecule has 0 saturated carbocycles. The molecule has 0 saturated heterocycles. The van der Waals surface area contributed by atoms with Gasteiger partial charge in [-0.1, -0.05) is 11.8 Å². The van der Waals surface area contributed by atoms with E-state index in [1.165, 1.54) is 11.8 Å². The van der Waals surface area contributed by atoms with Gasteiger partial charge in [-0.05, 0) is 6.26 Å². The van der Waals surface area contributed by atoms with Crippen molar-refractivity contribution in [2.75, 3.05) is 11.6 Å². The molecule has 2 rings (SSSR count). The maximum atomic E-state index is 10.9. The van der Waals surface area contributed by atoms with Crippen molar-refractivity contribution in [1.29, 1.82) is 0 Å². The molecule has 1 aromatic rings. The number of fused-ring (bicyclic) bond motifs is 1. The van der Waals surface area contributed by atoms with Crippen LogP contribution in [-0.2, 0) is 11.2 Å². The van der Waals surface area contributed by atoms with Gasteiger partial charge in [0.15, 0.2) is 5.16 Å². The number of nitrogens with zero attached hydrogens (tertiary/aromatic N) is 2. The van der Waals surface area contributed by atoms with Crippen LogP contribution < -0.4 is 5.32 Å². The number of thioether (sulfide) groups is 1. The Morgan fingerprint density at radius 2 is 2.50 bits per heavy atom. The lowest BCUT2D eigenvalue weighted by Gasteiger charge is -1.97. The average Bonchev–Trinajstić information content (AvgIpc) is 2.43. The van der Waals surface area contributed by atoms with Crippen molar-refractivity contribution in [1.82, 2.24) is 9.97 Å². The molecule has 0 radical (unpaired) electrons. The van der Waals surface area contributed by atoms with Crippen LogP contribution in [0, 0.1) is 0 Å². The van der Waals surface area contributed by atoms with E-state index in [0.717, 1.165) is 5.56 Å². The second kappa shape index (κ2) is 2.75. The smallest absolute Gasteiger partial charge is 0.230 e. The second-order valence-electron chi connectivity index (χ2n) is 2.46. The minimum atomic E-state index is -0.00227. The van der Waals surface area contributed by atoms with Crippen LogP contribution in [0.1, 0.15) is 5.56 Å². The minimum absolute atomic E-state index is 0.00227. The molecule has 0 aromatic carbocycles. The van der Waals surface area contributed by atoms with Crippen molar-refractivity contribution in [2.24, 2.45) is 0 Å². The van der Waals surface area contributed by atoms with Crippen LogP contribution >= 0.6 is 11.8 Å². The first-order valence-corrected chi connectivity index (χ1v) is 4.72. The van der Waals surface area contributed by atoms with Gasteiger partial charge in [-0.2, -0.15) is 0 Å². The van der Waals surface area contributed by atoms with E-state index in [0.29, 0.717) is 17.4 Å². The first-order chi connectivity index (χ1) is 5.79. The molecule has 4 nitrogen and oxygen atoms in total. The van der Waals surface area contributed by atoms with Crippen LogP contribution in [0.4, 0.5) is 5.82 Å². The molecule has 0 fully saturated rings. The number of carbonyl (C=O) groups is 1. The molecule has 12 heavy (non-hydrogen) atoms. The fraction of sp³-hybridized carbons (Fsp3) is 0.286. The summed E-state index contributed by atoms with van der Waals surface area (Å²) in [7, 11) is 0. The van der Waals surface area contributed by atoms with Crippen molar-refractivity contribution in [2.45, 2.75) is 11.6 Å². The fourth-order valence-electron chi connectivity index (χ4n) is 1.08. The van der Waals surface area contributed by atoms with E-state index in [4.69, 9.17) is 0 Å². The van der Waals surface area contributed by atoms with Gasteiger partial charge in [0.2, 0.25) is 5.91 Å². The lowest BCUT2D eigenvalue weighted by Crippen LogP contribution is -2.04. The number of hydrogen-bond donors (Lipinski definition) is 1. The van der Waals surface area contributed by atoms with E-state index in [1.54, 1.807) is 6.20 Å². The Morgan fingerprint density at radius 3 is 3.25 bits per heavy atom. The largest absolute Gasteiger partial charge is 0.310 e. The molecular weight excluding hydrogens is 174 g/mol. The Bertz CT molecular complexity index is 339. The van der Waals surface area contributed by atoms with Gasteiger partial charge in [-0.3, -0.25) is 4.79 Å². The van der Waals surface area contributed by atoms with Crippen LogP contribution in [-0.4, -0.2) is 22.1 Å². The van der Waals surface area contributed by atoms with Gasteiger partial charge >= 0.3 is 0 Å². The van der Waals surface area contributed by atoms with Gasteiger partial charge in [0.05, 0.1) is 6.42 Å². The Hall–Kier alpha value is -1.10. The second-order valence-corrected chi connectivity index (χ2v) is 3.23. The highest BCUT2D eigenvalue weighted by atomic mass is 32.2. The standard InChI is InChI=1S/C7H7N3OS/c1-12-7-8-3-4-2-5(11)9-6(4)10-7/h3H,2H2,1H3,(H,8,9,10,11). The molecule has 0 spiro atoms. The van der Waals surface area contributed by atoms with Gasteiger partial charge in [-0.15, -0.1) is 0 Å². The Balaban J connectivity index is 2.41. The van der Waals surface area contributed by atoms with Crippen LogP contribution in [0.5, 0.6) is 0 Å². The van der Waals surface area contributed by atoms with Crippen molar-refractivity contribution in [3.8, 4) is 0 Å². The number of aromatic nitrogens is 2. The van der Waals surface area contributed by atoms with Gasteiger partial charge in [0, 0.05) is 11.8 Å². The molecule has 1 amide bonds. The first kappa shape index (κ1) is 7.54. The Kier molecular flexibility index (Phi) is 1.73. The third-order valence-corrected chi connectivity index (χ3v) is 2.20. The van der Waals surface area contributed by atoms with Gasteiger partial charge in [-0.25, -0.2) is 9.97 Å². The monoisotopic (exact) mass is 181 g/mol. The number of anilines is 1. The quantitative estimate of drug-likeness (QED) is 0.511. The van der Waals surface area contributed by atoms with Gasteiger partial charge in [0.25, 0.3) is 0 Å². The van der Waals surface area contributed by atoms with E-state index in [2.05, 4.69) is 15.3 Å². The molecule has 1 N–H and O–H groups in total. The highest BCUT2D eigenvalue weighted by molar-refractivity contribution is 7.98. The molecule has 0 atom stereocenters. The zero-order valence-electron chi connectivity index (χ0n) is 6.50. The summed E-state index contributed by atoms with van der Waals surface area (Å²) in [5.41, 5.74) is 0.887. The van der Waals surface area contributed by atoms with Crippen LogP contribution in [0.3, 0.4) is 0 Å². The SMILES string of the molecule is CSc1ncc2c(n1)NC(=O)C2. The summed E-state index contributed by atoms with van der Waals surface area (Å²) in [6.07, 6.45) is 4.01. The maximum absolute atomic E-state index is 10.9. The third-order valence-electron chi connectivity index (χ3n) is 1.63. The average molecular weight is 181 g/mol. The number of amides is 1. The molecule has 1 aromatic heterocycles.